The van der Waals surface area contributed by atoms with Crippen molar-refractivity contribution in [2.75, 3.05) is 7.11 Å². The Morgan fingerprint density at radius 3 is 2.65 bits per heavy atom. The maximum atomic E-state index is 11.7. The molecule has 0 bridgehead atoms. The van der Waals surface area contributed by atoms with Gasteiger partial charge in [-0.2, -0.15) is 0 Å². The van der Waals surface area contributed by atoms with Crippen molar-refractivity contribution in [2.45, 2.75) is 38.0 Å². The molecule has 1 aliphatic rings. The molecule has 92 valence electrons. The van der Waals surface area contributed by atoms with E-state index in [0.717, 1.165) is 18.4 Å². The highest BCUT2D eigenvalue weighted by molar-refractivity contribution is 5.91. The summed E-state index contributed by atoms with van der Waals surface area (Å²) >= 11 is 0. The summed E-state index contributed by atoms with van der Waals surface area (Å²) in [5.41, 5.74) is 1.54. The van der Waals surface area contributed by atoms with Gasteiger partial charge < -0.3 is 9.84 Å². The number of phenols is 1. The summed E-state index contributed by atoms with van der Waals surface area (Å²) in [5.74, 6) is 0.286. The van der Waals surface area contributed by atoms with Crippen molar-refractivity contribution < 1.29 is 14.6 Å². The Kier molecular flexibility index (Phi) is 3.67. The monoisotopic (exact) mass is 234 g/mol. The smallest absolute Gasteiger partial charge is 0.338 e. The van der Waals surface area contributed by atoms with Gasteiger partial charge in [0.25, 0.3) is 0 Å². The van der Waals surface area contributed by atoms with Crippen molar-refractivity contribution in [1.82, 2.24) is 0 Å². The van der Waals surface area contributed by atoms with E-state index in [-0.39, 0.29) is 11.7 Å². The molecule has 0 atom stereocenters. The molecule has 1 aliphatic carbocycles. The molecule has 0 spiro atoms. The normalized spacial score (nSPS) is 16.8. The van der Waals surface area contributed by atoms with E-state index in [2.05, 4.69) is 0 Å². The molecule has 0 unspecified atom stereocenters. The quantitative estimate of drug-likeness (QED) is 0.799. The number of methoxy groups -OCH3 is 1. The minimum atomic E-state index is -0.314. The van der Waals surface area contributed by atoms with Gasteiger partial charge in [-0.05, 0) is 42.5 Å². The zero-order chi connectivity index (χ0) is 12.3. The average molecular weight is 234 g/mol. The number of benzene rings is 1. The summed E-state index contributed by atoms with van der Waals surface area (Å²) in [7, 11) is 1.39. The second-order valence-corrected chi connectivity index (χ2v) is 4.60. The molecule has 0 saturated heterocycles. The molecule has 3 heteroatoms. The van der Waals surface area contributed by atoms with E-state index in [1.54, 1.807) is 18.2 Å². The molecule has 0 amide bonds. The minimum Gasteiger partial charge on any atom is -0.508 e. The van der Waals surface area contributed by atoms with E-state index in [1.165, 1.54) is 26.4 Å². The molecular formula is C14H18O3. The van der Waals surface area contributed by atoms with E-state index >= 15 is 0 Å². The number of rotatable bonds is 2. The molecule has 1 fully saturated rings. The lowest BCUT2D eigenvalue weighted by atomic mass is 9.82. The van der Waals surface area contributed by atoms with Crippen LogP contribution in [0.25, 0.3) is 0 Å². The summed E-state index contributed by atoms with van der Waals surface area (Å²) in [6.07, 6.45) is 5.84. The van der Waals surface area contributed by atoms with Crippen LogP contribution in [0.5, 0.6) is 5.75 Å². The third-order valence-corrected chi connectivity index (χ3v) is 3.49. The lowest BCUT2D eigenvalue weighted by Gasteiger charge is -2.23. The van der Waals surface area contributed by atoms with Crippen LogP contribution in [0.2, 0.25) is 0 Å². The first kappa shape index (κ1) is 12.0. The third-order valence-electron chi connectivity index (χ3n) is 3.49. The van der Waals surface area contributed by atoms with Crippen LogP contribution in [0.4, 0.5) is 0 Å². The fourth-order valence-corrected chi connectivity index (χ4v) is 2.60. The summed E-state index contributed by atoms with van der Waals surface area (Å²) in [4.78, 5) is 11.7. The van der Waals surface area contributed by atoms with Crippen LogP contribution in [0.15, 0.2) is 18.2 Å². The van der Waals surface area contributed by atoms with Gasteiger partial charge >= 0.3 is 5.97 Å². The van der Waals surface area contributed by atoms with Gasteiger partial charge in [0.15, 0.2) is 0 Å². The highest BCUT2D eigenvalue weighted by Gasteiger charge is 2.22. The molecule has 0 aliphatic heterocycles. The largest absolute Gasteiger partial charge is 0.508 e. The fourth-order valence-electron chi connectivity index (χ4n) is 2.60. The van der Waals surface area contributed by atoms with E-state index in [4.69, 9.17) is 4.74 Å². The molecule has 3 nitrogen and oxygen atoms in total. The van der Waals surface area contributed by atoms with Gasteiger partial charge in [-0.1, -0.05) is 19.3 Å². The topological polar surface area (TPSA) is 46.5 Å². The van der Waals surface area contributed by atoms with Gasteiger partial charge in [-0.3, -0.25) is 0 Å². The Morgan fingerprint density at radius 2 is 2.00 bits per heavy atom. The summed E-state index contributed by atoms with van der Waals surface area (Å²) in [6.45, 7) is 0. The number of aromatic hydroxyl groups is 1. The van der Waals surface area contributed by atoms with Gasteiger partial charge in [0, 0.05) is 0 Å². The molecule has 2 rings (SSSR count). The van der Waals surface area contributed by atoms with Crippen LogP contribution in [-0.2, 0) is 4.74 Å². The second kappa shape index (κ2) is 5.21. The van der Waals surface area contributed by atoms with E-state index in [0.29, 0.717) is 11.5 Å². The molecule has 0 aromatic heterocycles. The van der Waals surface area contributed by atoms with Gasteiger partial charge in [-0.15, -0.1) is 0 Å². The maximum Gasteiger partial charge on any atom is 0.338 e. The molecule has 1 aromatic carbocycles. The number of carbonyl (C=O) groups excluding carboxylic acids is 1. The SMILES string of the molecule is COC(=O)c1ccc(O)cc1C1CCCCC1. The molecule has 0 radical (unpaired) electrons. The second-order valence-electron chi connectivity index (χ2n) is 4.60. The Morgan fingerprint density at radius 1 is 1.29 bits per heavy atom. The lowest BCUT2D eigenvalue weighted by Crippen LogP contribution is -2.11. The first-order valence-electron chi connectivity index (χ1n) is 6.13. The zero-order valence-corrected chi connectivity index (χ0v) is 10.1. The van der Waals surface area contributed by atoms with Crippen LogP contribution in [-0.4, -0.2) is 18.2 Å². The van der Waals surface area contributed by atoms with E-state index in [9.17, 15) is 9.90 Å². The number of hydrogen-bond donors (Lipinski definition) is 1. The highest BCUT2D eigenvalue weighted by Crippen LogP contribution is 2.36. The number of esters is 1. The Bertz CT molecular complexity index is 406. The van der Waals surface area contributed by atoms with Gasteiger partial charge in [0.05, 0.1) is 12.7 Å². The van der Waals surface area contributed by atoms with Crippen molar-refractivity contribution in [1.29, 1.82) is 0 Å². The first-order valence-corrected chi connectivity index (χ1v) is 6.13. The molecule has 1 saturated carbocycles. The summed E-state index contributed by atoms with van der Waals surface area (Å²) in [5, 5.41) is 9.57. The Balaban J connectivity index is 2.35. The maximum absolute atomic E-state index is 11.7. The molecule has 1 N–H and O–H groups in total. The predicted octanol–water partition coefficient (Wildman–Crippen LogP) is 3.23. The van der Waals surface area contributed by atoms with Gasteiger partial charge in [0.2, 0.25) is 0 Å². The number of ether oxygens (including phenoxy) is 1. The minimum absolute atomic E-state index is 0.221. The van der Waals surface area contributed by atoms with Crippen LogP contribution >= 0.6 is 0 Å². The summed E-state index contributed by atoms with van der Waals surface area (Å²) < 4.78 is 4.79. The fraction of sp³-hybridized carbons (Fsp3) is 0.500. The van der Waals surface area contributed by atoms with Gasteiger partial charge in [0.1, 0.15) is 5.75 Å². The summed E-state index contributed by atoms with van der Waals surface area (Å²) in [6, 6.07) is 4.91. The predicted molar refractivity (Wildman–Crippen MR) is 65.3 cm³/mol. The van der Waals surface area contributed by atoms with Crippen LogP contribution in [0, 0.1) is 0 Å². The molecule has 0 heterocycles. The van der Waals surface area contributed by atoms with E-state index < -0.39 is 0 Å². The highest BCUT2D eigenvalue weighted by atomic mass is 16.5. The van der Waals surface area contributed by atoms with Crippen LogP contribution < -0.4 is 0 Å². The van der Waals surface area contributed by atoms with E-state index in [1.807, 2.05) is 0 Å². The lowest BCUT2D eigenvalue weighted by molar-refractivity contribution is 0.0598. The zero-order valence-electron chi connectivity index (χ0n) is 10.1. The number of carbonyl (C=O) groups is 1. The van der Waals surface area contributed by atoms with Crippen molar-refractivity contribution >= 4 is 5.97 Å². The molecular weight excluding hydrogens is 216 g/mol. The number of phenolic OH excluding ortho intramolecular Hbond substituents is 1. The standard InChI is InChI=1S/C14H18O3/c1-17-14(16)12-8-7-11(15)9-13(12)10-5-3-2-4-6-10/h7-10,15H,2-6H2,1H3. The average Bonchev–Trinajstić information content (AvgIpc) is 2.39. The van der Waals surface area contributed by atoms with Crippen LogP contribution in [0.1, 0.15) is 53.9 Å². The number of hydrogen-bond acceptors (Lipinski definition) is 3. The third kappa shape index (κ3) is 2.60. The molecule has 1 aromatic rings. The Hall–Kier alpha value is -1.51. The van der Waals surface area contributed by atoms with Gasteiger partial charge in [-0.25, -0.2) is 4.79 Å². The van der Waals surface area contributed by atoms with Crippen molar-refractivity contribution in [2.24, 2.45) is 0 Å². The van der Waals surface area contributed by atoms with Crippen molar-refractivity contribution in [3.63, 3.8) is 0 Å². The van der Waals surface area contributed by atoms with Crippen LogP contribution in [0.3, 0.4) is 0 Å². The molecule has 17 heavy (non-hydrogen) atoms. The van der Waals surface area contributed by atoms with Crippen molar-refractivity contribution in [3.05, 3.63) is 29.3 Å². The van der Waals surface area contributed by atoms with Crippen molar-refractivity contribution in [3.8, 4) is 5.75 Å². The Labute approximate surface area is 101 Å². The first-order chi connectivity index (χ1) is 8.22.